The first-order valence-electron chi connectivity index (χ1n) is 7.03. The maximum atomic E-state index is 11.4. The van der Waals surface area contributed by atoms with Crippen LogP contribution in [0.2, 0.25) is 0 Å². The summed E-state index contributed by atoms with van der Waals surface area (Å²) in [5, 5.41) is 8.42. The second kappa shape index (κ2) is 6.01. The molecule has 0 amide bonds. The molecule has 0 spiro atoms. The summed E-state index contributed by atoms with van der Waals surface area (Å²) in [6, 6.07) is 4.87. The number of benzene rings is 1. The van der Waals surface area contributed by atoms with Crippen LogP contribution in [0.25, 0.3) is 0 Å². The van der Waals surface area contributed by atoms with E-state index in [1.54, 1.807) is 12.1 Å². The van der Waals surface area contributed by atoms with Crippen LogP contribution in [0, 0.1) is 11.8 Å². The Bertz CT molecular complexity index is 572. The summed E-state index contributed by atoms with van der Waals surface area (Å²) < 4.78 is 22.8. The lowest BCUT2D eigenvalue weighted by Crippen LogP contribution is -2.22. The molecule has 5 nitrogen and oxygen atoms in total. The molecule has 20 heavy (non-hydrogen) atoms. The summed E-state index contributed by atoms with van der Waals surface area (Å²) in [5.74, 6) is 1.39. The highest BCUT2D eigenvalue weighted by atomic mass is 32.2. The molecule has 1 aromatic rings. The van der Waals surface area contributed by atoms with Gasteiger partial charge in [-0.2, -0.15) is 0 Å². The first-order chi connectivity index (χ1) is 9.38. The number of para-hydroxylation sites is 1. The van der Waals surface area contributed by atoms with E-state index in [1.807, 2.05) is 0 Å². The van der Waals surface area contributed by atoms with Crippen LogP contribution in [0.5, 0.6) is 0 Å². The number of nitrogen functional groups attached to an aromatic ring is 1. The van der Waals surface area contributed by atoms with E-state index >= 15 is 0 Å². The van der Waals surface area contributed by atoms with Crippen LogP contribution in [0.3, 0.4) is 0 Å². The summed E-state index contributed by atoms with van der Waals surface area (Å²) in [6.07, 6.45) is 4.99. The fourth-order valence-electron chi connectivity index (χ4n) is 2.95. The van der Waals surface area contributed by atoms with Gasteiger partial charge in [-0.3, -0.25) is 0 Å². The molecule has 0 radical (unpaired) electrons. The summed E-state index contributed by atoms with van der Waals surface area (Å²) in [6.45, 7) is 3.10. The van der Waals surface area contributed by atoms with Gasteiger partial charge in [-0.25, -0.2) is 13.6 Å². The van der Waals surface area contributed by atoms with E-state index in [0.29, 0.717) is 11.6 Å². The molecule has 0 saturated heterocycles. The van der Waals surface area contributed by atoms with E-state index in [2.05, 4.69) is 12.2 Å². The highest BCUT2D eigenvalue weighted by molar-refractivity contribution is 7.89. The largest absolute Gasteiger partial charge is 0.396 e. The summed E-state index contributed by atoms with van der Waals surface area (Å²) in [5.41, 5.74) is 6.75. The maximum absolute atomic E-state index is 11.4. The van der Waals surface area contributed by atoms with E-state index in [0.717, 1.165) is 12.5 Å². The number of rotatable bonds is 4. The lowest BCUT2D eigenvalue weighted by Gasteiger charge is -2.27. The normalized spacial score (nSPS) is 23.5. The van der Waals surface area contributed by atoms with Crippen LogP contribution in [0.15, 0.2) is 23.1 Å². The first kappa shape index (κ1) is 15.1. The molecule has 6 heteroatoms. The number of hydrogen-bond donors (Lipinski definition) is 3. The Morgan fingerprint density at radius 1 is 1.35 bits per heavy atom. The van der Waals surface area contributed by atoms with Crippen molar-refractivity contribution in [2.45, 2.75) is 37.5 Å². The molecule has 0 bridgehead atoms. The first-order valence-corrected chi connectivity index (χ1v) is 8.57. The Hall–Kier alpha value is -1.27. The molecule has 1 saturated carbocycles. The minimum absolute atomic E-state index is 0.0143. The number of anilines is 2. The van der Waals surface area contributed by atoms with E-state index < -0.39 is 10.0 Å². The summed E-state index contributed by atoms with van der Waals surface area (Å²) in [7, 11) is -3.77. The van der Waals surface area contributed by atoms with Gasteiger partial charge in [0.05, 0.1) is 11.4 Å². The van der Waals surface area contributed by atoms with Crippen molar-refractivity contribution < 1.29 is 8.42 Å². The standard InChI is InChI=1S/C14H23N3O2S/c1-10-4-2-5-11(8-10)9-17-12-6-3-7-13(14(12)15)20(16,18)19/h3,6-7,10-11,17H,2,4-5,8-9,15H2,1H3,(H2,16,18,19). The molecular formula is C14H23N3O2S. The van der Waals surface area contributed by atoms with Crippen LogP contribution in [-0.2, 0) is 10.0 Å². The zero-order chi connectivity index (χ0) is 14.8. The molecule has 1 aliphatic carbocycles. The van der Waals surface area contributed by atoms with Gasteiger partial charge < -0.3 is 11.1 Å². The number of sulfonamides is 1. The van der Waals surface area contributed by atoms with Gasteiger partial charge in [-0.1, -0.05) is 25.8 Å². The maximum Gasteiger partial charge on any atom is 0.240 e. The zero-order valence-corrected chi connectivity index (χ0v) is 12.6. The Balaban J connectivity index is 2.07. The quantitative estimate of drug-likeness (QED) is 0.742. The van der Waals surface area contributed by atoms with Crippen LogP contribution in [0.1, 0.15) is 32.6 Å². The van der Waals surface area contributed by atoms with Gasteiger partial charge in [0.2, 0.25) is 10.0 Å². The van der Waals surface area contributed by atoms with E-state index in [-0.39, 0.29) is 10.6 Å². The molecule has 1 aliphatic rings. The summed E-state index contributed by atoms with van der Waals surface area (Å²) >= 11 is 0. The van der Waals surface area contributed by atoms with Crippen molar-refractivity contribution in [3.05, 3.63) is 18.2 Å². The average molecular weight is 297 g/mol. The van der Waals surface area contributed by atoms with Gasteiger partial charge in [-0.05, 0) is 36.8 Å². The van der Waals surface area contributed by atoms with Crippen molar-refractivity contribution in [2.75, 3.05) is 17.6 Å². The topological polar surface area (TPSA) is 98.2 Å². The van der Waals surface area contributed by atoms with Crippen molar-refractivity contribution in [2.24, 2.45) is 17.0 Å². The van der Waals surface area contributed by atoms with Gasteiger partial charge >= 0.3 is 0 Å². The van der Waals surface area contributed by atoms with Gasteiger partial charge in [0.25, 0.3) is 0 Å². The van der Waals surface area contributed by atoms with Gasteiger partial charge in [0, 0.05) is 6.54 Å². The van der Waals surface area contributed by atoms with Gasteiger partial charge in [0.15, 0.2) is 0 Å². The van der Waals surface area contributed by atoms with Crippen molar-refractivity contribution in [3.8, 4) is 0 Å². The zero-order valence-electron chi connectivity index (χ0n) is 11.8. The molecule has 0 aliphatic heterocycles. The number of nitrogens with one attached hydrogen (secondary N) is 1. The molecule has 1 aromatic carbocycles. The molecule has 0 aromatic heterocycles. The molecule has 112 valence electrons. The van der Waals surface area contributed by atoms with Crippen LogP contribution >= 0.6 is 0 Å². The predicted molar refractivity (Wildman–Crippen MR) is 81.8 cm³/mol. The molecule has 5 N–H and O–H groups in total. The molecule has 0 heterocycles. The fourth-order valence-corrected chi connectivity index (χ4v) is 3.63. The Kier molecular flexibility index (Phi) is 4.55. The van der Waals surface area contributed by atoms with E-state index in [4.69, 9.17) is 10.9 Å². The number of nitrogens with two attached hydrogens (primary N) is 2. The Labute approximate surface area is 120 Å². The molecule has 2 rings (SSSR count). The highest BCUT2D eigenvalue weighted by Crippen LogP contribution is 2.30. The van der Waals surface area contributed by atoms with E-state index in [9.17, 15) is 8.42 Å². The highest BCUT2D eigenvalue weighted by Gasteiger charge is 2.19. The molecule has 2 atom stereocenters. The van der Waals surface area contributed by atoms with Crippen molar-refractivity contribution >= 4 is 21.4 Å². The third-order valence-corrected chi connectivity index (χ3v) is 4.97. The monoisotopic (exact) mass is 297 g/mol. The van der Waals surface area contributed by atoms with Crippen LogP contribution < -0.4 is 16.2 Å². The predicted octanol–water partition coefficient (Wildman–Crippen LogP) is 2.15. The van der Waals surface area contributed by atoms with Crippen molar-refractivity contribution in [3.63, 3.8) is 0 Å². The van der Waals surface area contributed by atoms with Crippen LogP contribution in [0.4, 0.5) is 11.4 Å². The fraction of sp³-hybridized carbons (Fsp3) is 0.571. The van der Waals surface area contributed by atoms with E-state index in [1.165, 1.54) is 31.7 Å². The molecule has 2 unspecified atom stereocenters. The second-order valence-corrected chi connectivity index (χ2v) is 7.31. The van der Waals surface area contributed by atoms with Gasteiger partial charge in [0.1, 0.15) is 4.90 Å². The van der Waals surface area contributed by atoms with Crippen LogP contribution in [-0.4, -0.2) is 15.0 Å². The minimum atomic E-state index is -3.77. The SMILES string of the molecule is CC1CCCC(CNc2cccc(S(N)(=O)=O)c2N)C1. The minimum Gasteiger partial charge on any atom is -0.396 e. The van der Waals surface area contributed by atoms with Crippen molar-refractivity contribution in [1.29, 1.82) is 0 Å². The average Bonchev–Trinajstić information content (AvgIpc) is 2.36. The smallest absolute Gasteiger partial charge is 0.240 e. The number of hydrogen-bond acceptors (Lipinski definition) is 4. The lowest BCUT2D eigenvalue weighted by molar-refractivity contribution is 0.293. The van der Waals surface area contributed by atoms with Gasteiger partial charge in [-0.15, -0.1) is 0 Å². The second-order valence-electron chi connectivity index (χ2n) is 5.78. The Morgan fingerprint density at radius 3 is 2.75 bits per heavy atom. The Morgan fingerprint density at radius 2 is 2.10 bits per heavy atom. The molecule has 1 fully saturated rings. The lowest BCUT2D eigenvalue weighted by atomic mass is 9.82. The molecular weight excluding hydrogens is 274 g/mol. The third kappa shape index (κ3) is 3.64. The summed E-state index contributed by atoms with van der Waals surface area (Å²) in [4.78, 5) is -0.0143. The number of primary sulfonamides is 1. The third-order valence-electron chi connectivity index (χ3n) is 4.00. The van der Waals surface area contributed by atoms with Crippen molar-refractivity contribution in [1.82, 2.24) is 0 Å².